The summed E-state index contributed by atoms with van der Waals surface area (Å²) in [5.41, 5.74) is 0.277. The third-order valence-electron chi connectivity index (χ3n) is 2.55. The van der Waals surface area contributed by atoms with Crippen LogP contribution in [0.5, 0.6) is 0 Å². The molecule has 0 bridgehead atoms. The monoisotopic (exact) mass is 316 g/mol. The van der Waals surface area contributed by atoms with Crippen LogP contribution in [0.4, 0.5) is 4.39 Å². The number of carbonyl (C=O) groups is 2. The van der Waals surface area contributed by atoms with Gasteiger partial charge < -0.3 is 4.74 Å². The molecule has 18 heavy (non-hydrogen) atoms. The van der Waals surface area contributed by atoms with Gasteiger partial charge in [0.05, 0.1) is 11.1 Å². The van der Waals surface area contributed by atoms with Gasteiger partial charge in [0.25, 0.3) is 0 Å². The fourth-order valence-electron chi connectivity index (χ4n) is 1.54. The van der Waals surface area contributed by atoms with Crippen LogP contribution in [0.2, 0.25) is 0 Å². The summed E-state index contributed by atoms with van der Waals surface area (Å²) >= 11 is 3.06. The van der Waals surface area contributed by atoms with Gasteiger partial charge in [-0.1, -0.05) is 19.1 Å². The van der Waals surface area contributed by atoms with Crippen molar-refractivity contribution in [2.75, 3.05) is 6.61 Å². The highest BCUT2D eigenvalue weighted by molar-refractivity contribution is 9.10. The highest BCUT2D eigenvalue weighted by Gasteiger charge is 2.22. The van der Waals surface area contributed by atoms with E-state index in [2.05, 4.69) is 20.7 Å². The van der Waals surface area contributed by atoms with E-state index in [1.165, 1.54) is 6.07 Å². The van der Waals surface area contributed by atoms with Crippen molar-refractivity contribution in [1.82, 2.24) is 0 Å². The van der Waals surface area contributed by atoms with Crippen LogP contribution in [0.15, 0.2) is 22.7 Å². The zero-order valence-electron chi connectivity index (χ0n) is 10.2. The van der Waals surface area contributed by atoms with Crippen LogP contribution in [0.25, 0.3) is 0 Å². The van der Waals surface area contributed by atoms with Gasteiger partial charge in [0, 0.05) is 5.92 Å². The highest BCUT2D eigenvalue weighted by Crippen LogP contribution is 2.26. The fraction of sp³-hybridized carbons (Fsp3) is 0.385. The van der Waals surface area contributed by atoms with Gasteiger partial charge in [0.1, 0.15) is 12.2 Å². The molecule has 1 atom stereocenters. The molecule has 0 heterocycles. The first kappa shape index (κ1) is 14.8. The standard InChI is InChI=1S/C13H14BrFO3/c1-3-18-12(17)7-11(16)8(2)9-5-4-6-10(14)13(9)15/h4-6,8H,3,7H2,1-2H3. The number of ether oxygens (including phenoxy) is 1. The Morgan fingerprint density at radius 2 is 2.11 bits per heavy atom. The number of carbonyl (C=O) groups excluding carboxylic acids is 2. The SMILES string of the molecule is CCOC(=O)CC(=O)C(C)c1cccc(Br)c1F. The molecular formula is C13H14BrFO3. The summed E-state index contributed by atoms with van der Waals surface area (Å²) in [6, 6.07) is 4.74. The highest BCUT2D eigenvalue weighted by atomic mass is 79.9. The molecule has 0 spiro atoms. The average Bonchev–Trinajstić information content (AvgIpc) is 2.32. The summed E-state index contributed by atoms with van der Waals surface area (Å²) in [4.78, 5) is 23.0. The Kier molecular flexibility index (Phi) is 5.47. The first-order chi connectivity index (χ1) is 8.47. The quantitative estimate of drug-likeness (QED) is 0.619. The van der Waals surface area contributed by atoms with Crippen LogP contribution in [0.3, 0.4) is 0 Å². The van der Waals surface area contributed by atoms with Crippen molar-refractivity contribution >= 4 is 27.7 Å². The minimum atomic E-state index is -0.674. The first-order valence-electron chi connectivity index (χ1n) is 5.59. The fourth-order valence-corrected chi connectivity index (χ4v) is 1.92. The molecule has 0 radical (unpaired) electrons. The normalized spacial score (nSPS) is 12.0. The second-order valence-corrected chi connectivity index (χ2v) is 4.67. The third kappa shape index (κ3) is 3.63. The first-order valence-corrected chi connectivity index (χ1v) is 6.38. The van der Waals surface area contributed by atoms with Crippen molar-refractivity contribution < 1.29 is 18.7 Å². The van der Waals surface area contributed by atoms with Crippen molar-refractivity contribution in [2.24, 2.45) is 0 Å². The molecule has 0 saturated carbocycles. The molecule has 5 heteroatoms. The van der Waals surface area contributed by atoms with E-state index >= 15 is 0 Å². The Morgan fingerprint density at radius 1 is 1.44 bits per heavy atom. The molecule has 0 aliphatic carbocycles. The summed E-state index contributed by atoms with van der Waals surface area (Å²) in [6.07, 6.45) is -0.332. The van der Waals surface area contributed by atoms with Gasteiger partial charge in [-0.05, 0) is 34.5 Å². The van der Waals surface area contributed by atoms with Crippen LogP contribution in [0.1, 0.15) is 31.7 Å². The number of esters is 1. The minimum Gasteiger partial charge on any atom is -0.466 e. The van der Waals surface area contributed by atoms with Gasteiger partial charge in [-0.25, -0.2) is 4.39 Å². The zero-order chi connectivity index (χ0) is 13.7. The molecule has 0 aliphatic rings. The van der Waals surface area contributed by atoms with E-state index in [9.17, 15) is 14.0 Å². The Balaban J connectivity index is 2.80. The molecule has 0 amide bonds. The van der Waals surface area contributed by atoms with Gasteiger partial charge >= 0.3 is 5.97 Å². The maximum Gasteiger partial charge on any atom is 0.313 e. The second-order valence-electron chi connectivity index (χ2n) is 3.81. The van der Waals surface area contributed by atoms with E-state index in [1.807, 2.05) is 0 Å². The molecule has 0 fully saturated rings. The van der Waals surface area contributed by atoms with E-state index in [-0.39, 0.29) is 24.4 Å². The van der Waals surface area contributed by atoms with Crippen LogP contribution in [-0.4, -0.2) is 18.4 Å². The Labute approximate surface area is 113 Å². The molecule has 0 aromatic heterocycles. The lowest BCUT2D eigenvalue weighted by Gasteiger charge is -2.12. The molecule has 0 N–H and O–H groups in total. The predicted molar refractivity (Wildman–Crippen MR) is 68.8 cm³/mol. The van der Waals surface area contributed by atoms with Gasteiger partial charge in [-0.15, -0.1) is 0 Å². The summed E-state index contributed by atoms with van der Waals surface area (Å²) < 4.78 is 18.8. The summed E-state index contributed by atoms with van der Waals surface area (Å²) in [6.45, 7) is 3.47. The smallest absolute Gasteiger partial charge is 0.313 e. The van der Waals surface area contributed by atoms with Gasteiger partial charge in [0.15, 0.2) is 5.78 Å². The lowest BCUT2D eigenvalue weighted by Crippen LogP contribution is -2.17. The molecule has 1 rings (SSSR count). The number of Topliss-reactive ketones (excluding diaryl/α,β-unsaturated/α-hetero) is 1. The van der Waals surface area contributed by atoms with Crippen molar-refractivity contribution in [3.8, 4) is 0 Å². The average molecular weight is 317 g/mol. The van der Waals surface area contributed by atoms with Gasteiger partial charge in [-0.2, -0.15) is 0 Å². The molecular weight excluding hydrogens is 303 g/mol. The number of halogens is 2. The van der Waals surface area contributed by atoms with Crippen LogP contribution < -0.4 is 0 Å². The maximum absolute atomic E-state index is 13.8. The summed E-state index contributed by atoms with van der Waals surface area (Å²) in [7, 11) is 0. The molecule has 1 unspecified atom stereocenters. The second kappa shape index (κ2) is 6.64. The topological polar surface area (TPSA) is 43.4 Å². The molecule has 0 saturated heterocycles. The Morgan fingerprint density at radius 3 is 2.72 bits per heavy atom. The van der Waals surface area contributed by atoms with Gasteiger partial charge in [0.2, 0.25) is 0 Å². The van der Waals surface area contributed by atoms with Crippen LogP contribution >= 0.6 is 15.9 Å². The van der Waals surface area contributed by atoms with Crippen LogP contribution in [0, 0.1) is 5.82 Å². The van der Waals surface area contributed by atoms with E-state index in [0.29, 0.717) is 4.47 Å². The predicted octanol–water partition coefficient (Wildman–Crippen LogP) is 3.21. The molecule has 3 nitrogen and oxygen atoms in total. The van der Waals surface area contributed by atoms with E-state index < -0.39 is 17.7 Å². The van der Waals surface area contributed by atoms with Crippen molar-refractivity contribution in [2.45, 2.75) is 26.2 Å². The number of hydrogen-bond donors (Lipinski definition) is 0. The van der Waals surface area contributed by atoms with E-state index in [4.69, 9.17) is 0 Å². The van der Waals surface area contributed by atoms with E-state index in [1.54, 1.807) is 26.0 Å². The lowest BCUT2D eigenvalue weighted by atomic mass is 9.94. The molecule has 1 aromatic rings. The molecule has 98 valence electrons. The Hall–Kier alpha value is -1.23. The number of rotatable bonds is 5. The molecule has 1 aromatic carbocycles. The summed E-state index contributed by atoms with van der Waals surface area (Å²) in [5.74, 6) is -2.08. The van der Waals surface area contributed by atoms with Crippen molar-refractivity contribution in [1.29, 1.82) is 0 Å². The number of ketones is 1. The Bertz CT molecular complexity index is 460. The summed E-state index contributed by atoms with van der Waals surface area (Å²) in [5, 5.41) is 0. The van der Waals surface area contributed by atoms with Crippen molar-refractivity contribution in [3.63, 3.8) is 0 Å². The lowest BCUT2D eigenvalue weighted by molar-refractivity contribution is -0.145. The van der Waals surface area contributed by atoms with Crippen molar-refractivity contribution in [3.05, 3.63) is 34.1 Å². The number of benzene rings is 1. The maximum atomic E-state index is 13.8. The van der Waals surface area contributed by atoms with E-state index in [0.717, 1.165) is 0 Å². The zero-order valence-corrected chi connectivity index (χ0v) is 11.8. The largest absolute Gasteiger partial charge is 0.466 e. The molecule has 0 aliphatic heterocycles. The van der Waals surface area contributed by atoms with Crippen LogP contribution in [-0.2, 0) is 14.3 Å². The van der Waals surface area contributed by atoms with Gasteiger partial charge in [-0.3, -0.25) is 9.59 Å². The minimum absolute atomic E-state index is 0.228. The number of hydrogen-bond acceptors (Lipinski definition) is 3. The third-order valence-corrected chi connectivity index (χ3v) is 3.17.